The SMILES string of the molecule is C[C@@H](C[C@H](F)Cn1ccc2cc(-c3ncc(C(O)C(F)(F)F)cn3)c(F)cc2c1=O)Nc1cn[nH]c(=O)c1C(F)(F)F. The quantitative estimate of drug-likeness (QED) is 0.253. The number of aliphatic hydroxyl groups excluding tert-OH is 1. The molecule has 3 heterocycles. The van der Waals surface area contributed by atoms with Crippen molar-refractivity contribution in [1.29, 1.82) is 0 Å². The number of aromatic nitrogens is 5. The first-order valence-electron chi connectivity index (χ1n) is 12.0. The maximum Gasteiger partial charge on any atom is 0.423 e. The van der Waals surface area contributed by atoms with E-state index in [4.69, 9.17) is 0 Å². The van der Waals surface area contributed by atoms with Crippen LogP contribution in [-0.2, 0) is 12.7 Å². The van der Waals surface area contributed by atoms with Crippen LogP contribution in [0.4, 0.5) is 40.8 Å². The third-order valence-electron chi connectivity index (χ3n) is 6.15. The zero-order chi connectivity index (χ0) is 31.0. The van der Waals surface area contributed by atoms with Crippen molar-refractivity contribution in [3.8, 4) is 11.4 Å². The van der Waals surface area contributed by atoms with Crippen LogP contribution in [0.3, 0.4) is 0 Å². The van der Waals surface area contributed by atoms with Crippen LogP contribution in [0.1, 0.15) is 30.6 Å². The molecule has 0 saturated heterocycles. The van der Waals surface area contributed by atoms with Crippen molar-refractivity contribution >= 4 is 16.5 Å². The summed E-state index contributed by atoms with van der Waals surface area (Å²) in [5, 5.41) is 16.7. The van der Waals surface area contributed by atoms with Crippen LogP contribution in [0.5, 0.6) is 0 Å². The summed E-state index contributed by atoms with van der Waals surface area (Å²) in [6, 6.07) is 2.44. The lowest BCUT2D eigenvalue weighted by atomic mass is 10.1. The van der Waals surface area contributed by atoms with Crippen molar-refractivity contribution in [2.24, 2.45) is 0 Å². The van der Waals surface area contributed by atoms with Gasteiger partial charge in [-0.1, -0.05) is 0 Å². The van der Waals surface area contributed by atoms with E-state index in [1.54, 1.807) is 5.10 Å². The van der Waals surface area contributed by atoms with Crippen LogP contribution in [0, 0.1) is 5.82 Å². The van der Waals surface area contributed by atoms with Crippen molar-refractivity contribution in [2.75, 3.05) is 5.32 Å². The molecule has 17 heteroatoms. The summed E-state index contributed by atoms with van der Waals surface area (Å²) in [6.45, 7) is 0.836. The molecule has 0 aliphatic heterocycles. The summed E-state index contributed by atoms with van der Waals surface area (Å²) in [7, 11) is 0. The van der Waals surface area contributed by atoms with Crippen LogP contribution in [-0.4, -0.2) is 48.2 Å². The van der Waals surface area contributed by atoms with E-state index in [1.807, 2.05) is 0 Å². The number of alkyl halides is 7. The lowest BCUT2D eigenvalue weighted by molar-refractivity contribution is -0.206. The molecular formula is C25H20F8N6O3. The van der Waals surface area contributed by atoms with E-state index in [9.17, 15) is 49.8 Å². The number of hydrogen-bond acceptors (Lipinski definition) is 7. The molecule has 1 aromatic carbocycles. The molecule has 0 aliphatic rings. The maximum absolute atomic E-state index is 14.9. The zero-order valence-electron chi connectivity index (χ0n) is 21.3. The topological polar surface area (TPSA) is 126 Å². The molecule has 9 nitrogen and oxygen atoms in total. The van der Waals surface area contributed by atoms with Crippen molar-refractivity contribution in [3.05, 3.63) is 80.6 Å². The monoisotopic (exact) mass is 604 g/mol. The van der Waals surface area contributed by atoms with Crippen LogP contribution in [0.2, 0.25) is 0 Å². The molecule has 0 bridgehead atoms. The first-order chi connectivity index (χ1) is 19.6. The molecular weight excluding hydrogens is 584 g/mol. The predicted octanol–water partition coefficient (Wildman–Crippen LogP) is 4.52. The van der Waals surface area contributed by atoms with Gasteiger partial charge < -0.3 is 15.0 Å². The van der Waals surface area contributed by atoms with E-state index in [-0.39, 0.29) is 28.6 Å². The standard InChI is InChI=1S/C25H20F8N6O3/c1-11(37-18-9-36-38-22(41)19(18)24(28,29)30)4-14(26)10-39-3-2-12-5-16(17(27)6-15(12)23(39)42)21-34-7-13(8-35-21)20(40)25(31,32)33/h2-3,5-9,11,14,20,40H,4,10H2,1H3,(H2,37,38,41)/t11-,14-,20?/m0/s1. The lowest BCUT2D eigenvalue weighted by Gasteiger charge is -2.20. The van der Waals surface area contributed by atoms with Crippen molar-refractivity contribution < 1.29 is 40.2 Å². The Labute approximate surface area is 229 Å². The Morgan fingerprint density at radius 1 is 1.07 bits per heavy atom. The highest BCUT2D eigenvalue weighted by molar-refractivity contribution is 5.86. The van der Waals surface area contributed by atoms with Crippen molar-refractivity contribution in [1.82, 2.24) is 24.7 Å². The van der Waals surface area contributed by atoms with Crippen LogP contribution in [0.25, 0.3) is 22.2 Å². The molecule has 0 aliphatic carbocycles. The fourth-order valence-corrected chi connectivity index (χ4v) is 4.21. The predicted molar refractivity (Wildman–Crippen MR) is 133 cm³/mol. The molecule has 3 atom stereocenters. The van der Waals surface area contributed by atoms with E-state index < -0.39 is 71.0 Å². The summed E-state index contributed by atoms with van der Waals surface area (Å²) in [4.78, 5) is 31.9. The molecule has 0 radical (unpaired) electrons. The average molecular weight is 604 g/mol. The molecule has 0 spiro atoms. The minimum Gasteiger partial charge on any atom is -0.381 e. The molecule has 0 fully saturated rings. The minimum absolute atomic E-state index is 0.161. The number of benzene rings is 1. The lowest BCUT2D eigenvalue weighted by Crippen LogP contribution is -2.30. The Bertz CT molecular complexity index is 1700. The third kappa shape index (κ3) is 6.56. The van der Waals surface area contributed by atoms with Gasteiger partial charge >= 0.3 is 12.4 Å². The summed E-state index contributed by atoms with van der Waals surface area (Å²) >= 11 is 0. The van der Waals surface area contributed by atoms with E-state index in [1.165, 1.54) is 25.3 Å². The molecule has 3 aromatic heterocycles. The third-order valence-corrected chi connectivity index (χ3v) is 6.15. The Balaban J connectivity index is 1.51. The first kappa shape index (κ1) is 30.5. The van der Waals surface area contributed by atoms with Gasteiger partial charge in [-0.25, -0.2) is 23.8 Å². The second-order valence-electron chi connectivity index (χ2n) is 9.34. The highest BCUT2D eigenvalue weighted by atomic mass is 19.4. The summed E-state index contributed by atoms with van der Waals surface area (Å²) in [5.41, 5.74) is -5.33. The van der Waals surface area contributed by atoms with Gasteiger partial charge in [0.05, 0.1) is 29.4 Å². The van der Waals surface area contributed by atoms with Gasteiger partial charge in [0.1, 0.15) is 17.6 Å². The van der Waals surface area contributed by atoms with Gasteiger partial charge in [-0.05, 0) is 30.5 Å². The largest absolute Gasteiger partial charge is 0.423 e. The van der Waals surface area contributed by atoms with Crippen LogP contribution >= 0.6 is 0 Å². The second kappa shape index (κ2) is 11.5. The summed E-state index contributed by atoms with van der Waals surface area (Å²) in [6.07, 6.45) is -11.6. The van der Waals surface area contributed by atoms with Gasteiger partial charge in [0.15, 0.2) is 11.9 Å². The van der Waals surface area contributed by atoms with Gasteiger partial charge in [0.2, 0.25) is 0 Å². The van der Waals surface area contributed by atoms with E-state index >= 15 is 0 Å². The number of fused-ring (bicyclic) bond motifs is 1. The molecule has 1 unspecified atom stereocenters. The Morgan fingerprint density at radius 2 is 1.74 bits per heavy atom. The Morgan fingerprint density at radius 3 is 2.36 bits per heavy atom. The van der Waals surface area contributed by atoms with Gasteiger partial charge in [-0.3, -0.25) is 9.59 Å². The zero-order valence-corrected chi connectivity index (χ0v) is 21.3. The fraction of sp³-hybridized carbons (Fsp3) is 0.320. The number of nitrogens with zero attached hydrogens (tertiary/aromatic N) is 4. The number of aliphatic hydroxyl groups is 1. The van der Waals surface area contributed by atoms with E-state index in [0.29, 0.717) is 12.4 Å². The van der Waals surface area contributed by atoms with Crippen molar-refractivity contribution in [2.45, 2.75) is 50.6 Å². The number of pyridine rings is 1. The molecule has 42 heavy (non-hydrogen) atoms. The van der Waals surface area contributed by atoms with Crippen molar-refractivity contribution in [3.63, 3.8) is 0 Å². The number of hydrogen-bond donors (Lipinski definition) is 3. The van der Waals surface area contributed by atoms with E-state index in [2.05, 4.69) is 20.4 Å². The Hall–Kier alpha value is -4.41. The fourth-order valence-electron chi connectivity index (χ4n) is 4.21. The molecule has 3 N–H and O–H groups in total. The van der Waals surface area contributed by atoms with Gasteiger partial charge in [-0.2, -0.15) is 31.4 Å². The molecule has 4 aromatic rings. The van der Waals surface area contributed by atoms with Crippen LogP contribution in [0.15, 0.2) is 52.6 Å². The second-order valence-corrected chi connectivity index (χ2v) is 9.34. The highest BCUT2D eigenvalue weighted by Crippen LogP contribution is 2.33. The number of rotatable bonds is 8. The summed E-state index contributed by atoms with van der Waals surface area (Å²) in [5.74, 6) is -1.31. The van der Waals surface area contributed by atoms with Gasteiger partial charge in [0.25, 0.3) is 11.1 Å². The molecule has 224 valence electrons. The Kier molecular flexibility index (Phi) is 8.34. The maximum atomic E-state index is 14.9. The molecule has 0 amide bonds. The number of anilines is 1. The smallest absolute Gasteiger partial charge is 0.381 e. The van der Waals surface area contributed by atoms with E-state index in [0.717, 1.165) is 16.8 Å². The number of aromatic amines is 1. The van der Waals surface area contributed by atoms with Crippen LogP contribution < -0.4 is 16.4 Å². The molecule has 4 rings (SSSR count). The minimum atomic E-state index is -4.99. The van der Waals surface area contributed by atoms with Gasteiger partial charge in [0, 0.05) is 36.6 Å². The number of halogens is 8. The first-order valence-corrected chi connectivity index (χ1v) is 12.0. The number of nitrogens with one attached hydrogen (secondary N) is 2. The highest BCUT2D eigenvalue weighted by Gasteiger charge is 2.40. The number of H-pyrrole nitrogens is 1. The summed E-state index contributed by atoms with van der Waals surface area (Å²) < 4.78 is 108. The average Bonchev–Trinajstić information content (AvgIpc) is 2.88. The van der Waals surface area contributed by atoms with Gasteiger partial charge in [-0.15, -0.1) is 0 Å². The molecule has 0 saturated carbocycles. The normalized spacial score (nSPS) is 14.5.